The molecule has 0 amide bonds. The molecule has 0 saturated heterocycles. The van der Waals surface area contributed by atoms with Gasteiger partial charge in [-0.2, -0.15) is 0 Å². The highest BCUT2D eigenvalue weighted by atomic mass is 19.3. The van der Waals surface area contributed by atoms with E-state index in [9.17, 15) is 8.78 Å². The predicted octanol–water partition coefficient (Wildman–Crippen LogP) is 4.41. The minimum Gasteiger partial charge on any atom is -0.483 e. The van der Waals surface area contributed by atoms with Crippen molar-refractivity contribution in [3.8, 4) is 17.0 Å². The van der Waals surface area contributed by atoms with Gasteiger partial charge in [0, 0.05) is 40.6 Å². The van der Waals surface area contributed by atoms with E-state index in [0.29, 0.717) is 17.1 Å². The summed E-state index contributed by atoms with van der Waals surface area (Å²) in [5, 5.41) is 7.74. The molecule has 3 aromatic rings. The minimum atomic E-state index is -2.70. The number of halogens is 2. The van der Waals surface area contributed by atoms with Gasteiger partial charge < -0.3 is 20.6 Å². The minimum absolute atomic E-state index is 0.0767. The number of alkyl halides is 2. The van der Waals surface area contributed by atoms with Gasteiger partial charge in [0.25, 0.3) is 12.9 Å². The number of nitrogens with zero attached hydrogens (tertiary/aromatic N) is 2. The molecule has 1 atom stereocenters. The number of aromatic nitrogens is 3. The Morgan fingerprint density at radius 3 is 2.70 bits per heavy atom. The number of aromatic amines is 1. The molecule has 0 saturated carbocycles. The zero-order valence-corrected chi connectivity index (χ0v) is 17.1. The summed E-state index contributed by atoms with van der Waals surface area (Å²) < 4.78 is 32.8. The molecule has 0 aliphatic carbocycles. The highest BCUT2D eigenvalue weighted by Gasteiger charge is 2.24. The molecule has 0 fully saturated rings. The smallest absolute Gasteiger partial charge is 0.290 e. The second-order valence-electron chi connectivity index (χ2n) is 7.67. The largest absolute Gasteiger partial charge is 0.483 e. The molecule has 3 aromatic heterocycles. The van der Waals surface area contributed by atoms with Gasteiger partial charge in [0.1, 0.15) is 12.3 Å². The third-order valence-corrected chi connectivity index (χ3v) is 4.29. The molecule has 0 bridgehead atoms. The van der Waals surface area contributed by atoms with Crippen LogP contribution in [0.1, 0.15) is 39.2 Å². The van der Waals surface area contributed by atoms with E-state index in [1.54, 1.807) is 18.5 Å². The first-order chi connectivity index (χ1) is 14.2. The van der Waals surface area contributed by atoms with Gasteiger partial charge in [-0.05, 0) is 37.5 Å². The SMILES string of the molecule is CC(C)C[C@](C)(N)COc1ncc(-c2c[nH]c3ncccc23)cc1C(F)F.O=CO. The number of pyridine rings is 2. The molecule has 30 heavy (non-hydrogen) atoms. The summed E-state index contributed by atoms with van der Waals surface area (Å²) in [6.45, 7) is 5.83. The summed E-state index contributed by atoms with van der Waals surface area (Å²) in [7, 11) is 0. The fraction of sp³-hybridized carbons (Fsp3) is 0.381. The number of nitrogens with one attached hydrogen (secondary N) is 1. The number of carboxylic acid groups (broad SMARTS) is 1. The van der Waals surface area contributed by atoms with Crippen LogP contribution in [0.2, 0.25) is 0 Å². The van der Waals surface area contributed by atoms with Gasteiger partial charge in [-0.25, -0.2) is 18.7 Å². The van der Waals surface area contributed by atoms with Crippen molar-refractivity contribution < 1.29 is 23.4 Å². The number of ether oxygens (including phenoxy) is 1. The molecule has 0 aromatic carbocycles. The Hall–Kier alpha value is -3.07. The average molecular weight is 420 g/mol. The van der Waals surface area contributed by atoms with Gasteiger partial charge in [0.05, 0.1) is 5.56 Å². The summed E-state index contributed by atoms with van der Waals surface area (Å²) in [4.78, 5) is 19.8. The lowest BCUT2D eigenvalue weighted by atomic mass is 9.93. The number of carbonyl (C=O) groups is 1. The number of hydrogen-bond donors (Lipinski definition) is 3. The molecule has 3 rings (SSSR count). The average Bonchev–Trinajstić information content (AvgIpc) is 3.10. The molecule has 4 N–H and O–H groups in total. The second-order valence-corrected chi connectivity index (χ2v) is 7.67. The van der Waals surface area contributed by atoms with E-state index in [2.05, 4.69) is 28.8 Å². The van der Waals surface area contributed by atoms with Crippen LogP contribution in [0.25, 0.3) is 22.2 Å². The van der Waals surface area contributed by atoms with E-state index in [0.717, 1.165) is 17.4 Å². The third kappa shape index (κ3) is 5.96. The van der Waals surface area contributed by atoms with Crippen molar-refractivity contribution in [2.75, 3.05) is 6.61 Å². The van der Waals surface area contributed by atoms with Crippen LogP contribution in [-0.4, -0.2) is 38.7 Å². The second kappa shape index (κ2) is 10.1. The number of hydrogen-bond acceptors (Lipinski definition) is 5. The topological polar surface area (TPSA) is 114 Å². The Kier molecular flexibility index (Phi) is 7.82. The van der Waals surface area contributed by atoms with Gasteiger partial charge in [-0.1, -0.05) is 13.8 Å². The molecule has 7 nitrogen and oxygen atoms in total. The van der Waals surface area contributed by atoms with Crippen LogP contribution < -0.4 is 10.5 Å². The lowest BCUT2D eigenvalue weighted by Crippen LogP contribution is -2.43. The molecule has 9 heteroatoms. The van der Waals surface area contributed by atoms with Gasteiger partial charge in [0.2, 0.25) is 5.88 Å². The van der Waals surface area contributed by atoms with Crippen LogP contribution in [0.3, 0.4) is 0 Å². The van der Waals surface area contributed by atoms with E-state index in [4.69, 9.17) is 20.4 Å². The maximum absolute atomic E-state index is 13.6. The van der Waals surface area contributed by atoms with E-state index in [-0.39, 0.29) is 24.5 Å². The van der Waals surface area contributed by atoms with Gasteiger partial charge in [-0.3, -0.25) is 4.79 Å². The van der Waals surface area contributed by atoms with Gasteiger partial charge in [0.15, 0.2) is 0 Å². The number of nitrogens with two attached hydrogens (primary N) is 1. The van der Waals surface area contributed by atoms with Crippen LogP contribution in [-0.2, 0) is 4.79 Å². The Morgan fingerprint density at radius 1 is 1.37 bits per heavy atom. The highest BCUT2D eigenvalue weighted by Crippen LogP contribution is 2.34. The molecule has 3 heterocycles. The maximum atomic E-state index is 13.6. The zero-order valence-electron chi connectivity index (χ0n) is 17.1. The van der Waals surface area contributed by atoms with E-state index >= 15 is 0 Å². The summed E-state index contributed by atoms with van der Waals surface area (Å²) in [6, 6.07) is 5.10. The molecule has 0 aliphatic rings. The quantitative estimate of drug-likeness (QED) is 0.488. The van der Waals surface area contributed by atoms with Gasteiger partial charge in [-0.15, -0.1) is 0 Å². The zero-order chi connectivity index (χ0) is 22.3. The van der Waals surface area contributed by atoms with Crippen LogP contribution in [0.4, 0.5) is 8.78 Å². The fourth-order valence-electron chi connectivity index (χ4n) is 3.31. The van der Waals surface area contributed by atoms with E-state index in [1.807, 2.05) is 13.0 Å². The first-order valence-electron chi connectivity index (χ1n) is 9.38. The number of fused-ring (bicyclic) bond motifs is 1. The summed E-state index contributed by atoms with van der Waals surface area (Å²) in [5.41, 5.74) is 7.39. The molecular weight excluding hydrogens is 394 g/mol. The Morgan fingerprint density at radius 2 is 2.07 bits per heavy atom. The monoisotopic (exact) mass is 420 g/mol. The standard InChI is InChI=1S/C20H24F2N4O.CH2O2/c1-12(2)8-20(3,23)11-27-19-15(17(21)22)7-13(9-26-19)16-10-25-18-14(16)5-4-6-24-18;2-1-3/h4-7,9-10,12,17H,8,11,23H2,1-3H3,(H,24,25);1H,(H,2,3)/t20-;/m0./s1. The molecule has 0 radical (unpaired) electrons. The summed E-state index contributed by atoms with van der Waals surface area (Å²) in [5.74, 6) is 0.302. The van der Waals surface area contributed by atoms with Crippen molar-refractivity contribution in [1.82, 2.24) is 15.0 Å². The third-order valence-electron chi connectivity index (χ3n) is 4.29. The van der Waals surface area contributed by atoms with Gasteiger partial charge >= 0.3 is 0 Å². The summed E-state index contributed by atoms with van der Waals surface area (Å²) in [6.07, 6.45) is 2.96. The predicted molar refractivity (Wildman–Crippen MR) is 111 cm³/mol. The Bertz CT molecular complexity index is 974. The first-order valence-corrected chi connectivity index (χ1v) is 9.38. The molecular formula is C21H26F2N4O3. The first kappa shape index (κ1) is 23.2. The summed E-state index contributed by atoms with van der Waals surface area (Å²) >= 11 is 0. The van der Waals surface area contributed by atoms with Crippen molar-refractivity contribution in [3.63, 3.8) is 0 Å². The van der Waals surface area contributed by atoms with Crippen LogP contribution >= 0.6 is 0 Å². The fourth-order valence-corrected chi connectivity index (χ4v) is 3.31. The highest BCUT2D eigenvalue weighted by molar-refractivity contribution is 5.93. The van der Waals surface area contributed by atoms with Crippen molar-refractivity contribution >= 4 is 17.5 Å². The lowest BCUT2D eigenvalue weighted by molar-refractivity contribution is -0.122. The molecule has 0 unspecified atom stereocenters. The van der Waals surface area contributed by atoms with Crippen molar-refractivity contribution in [1.29, 1.82) is 0 Å². The normalized spacial score (nSPS) is 13.1. The molecule has 162 valence electrons. The van der Waals surface area contributed by atoms with Crippen LogP contribution in [0.5, 0.6) is 5.88 Å². The maximum Gasteiger partial charge on any atom is 0.290 e. The van der Waals surface area contributed by atoms with Crippen molar-refractivity contribution in [2.45, 2.75) is 39.2 Å². The number of H-pyrrole nitrogens is 1. The van der Waals surface area contributed by atoms with E-state index < -0.39 is 12.0 Å². The molecule has 0 aliphatic heterocycles. The lowest BCUT2D eigenvalue weighted by Gasteiger charge is -2.26. The van der Waals surface area contributed by atoms with Crippen LogP contribution in [0.15, 0.2) is 36.8 Å². The van der Waals surface area contributed by atoms with Crippen molar-refractivity contribution in [3.05, 3.63) is 42.4 Å². The van der Waals surface area contributed by atoms with Crippen LogP contribution in [0, 0.1) is 5.92 Å². The Balaban J connectivity index is 0.00000101. The number of rotatable bonds is 7. The van der Waals surface area contributed by atoms with E-state index in [1.165, 1.54) is 12.3 Å². The molecule has 0 spiro atoms. The Labute approximate surface area is 173 Å². The van der Waals surface area contributed by atoms with Crippen molar-refractivity contribution in [2.24, 2.45) is 11.7 Å².